The van der Waals surface area contributed by atoms with E-state index in [-0.39, 0.29) is 47.9 Å². The second-order valence-corrected chi connectivity index (χ2v) is 17.4. The molecule has 1 aliphatic carbocycles. The van der Waals surface area contributed by atoms with E-state index in [2.05, 4.69) is 20.4 Å². The van der Waals surface area contributed by atoms with Crippen molar-refractivity contribution in [1.29, 1.82) is 5.26 Å². The molecule has 296 valence electrons. The Kier molecular flexibility index (Phi) is 9.34. The number of carbonyl (C=O) groups excluding carboxylic acids is 5. The number of carbonyl (C=O) groups is 5. The maximum absolute atomic E-state index is 13.5. The molecule has 0 bridgehead atoms. The Morgan fingerprint density at radius 3 is 2.09 bits per heavy atom. The third-order valence-electron chi connectivity index (χ3n) is 12.9. The van der Waals surface area contributed by atoms with E-state index in [0.717, 1.165) is 54.2 Å². The van der Waals surface area contributed by atoms with E-state index in [0.29, 0.717) is 35.7 Å². The Labute approximate surface area is 330 Å². The van der Waals surface area contributed by atoms with Crippen LogP contribution in [0.3, 0.4) is 0 Å². The zero-order valence-electron chi connectivity index (χ0n) is 32.9. The molecule has 14 heteroatoms. The lowest BCUT2D eigenvalue weighted by molar-refractivity contribution is -0.164. The molecule has 5 aliphatic rings. The number of rotatable bonds is 8. The molecule has 5 heterocycles. The van der Waals surface area contributed by atoms with Crippen LogP contribution in [0.1, 0.15) is 101 Å². The molecule has 1 atom stereocenters. The van der Waals surface area contributed by atoms with Gasteiger partial charge in [-0.2, -0.15) is 5.26 Å². The highest BCUT2D eigenvalue weighted by Crippen LogP contribution is 2.55. The van der Waals surface area contributed by atoms with E-state index in [1.807, 2.05) is 70.2 Å². The second kappa shape index (κ2) is 14.0. The zero-order chi connectivity index (χ0) is 40.6. The summed E-state index contributed by atoms with van der Waals surface area (Å²) < 4.78 is 7.53. The van der Waals surface area contributed by atoms with Crippen molar-refractivity contribution < 1.29 is 28.7 Å². The number of pyridine rings is 1. The Morgan fingerprint density at radius 2 is 1.51 bits per heavy atom. The summed E-state index contributed by atoms with van der Waals surface area (Å²) in [6.45, 7) is 12.1. The number of hydrogen-bond donors (Lipinski definition) is 2. The fraction of sp³-hybridized carbons (Fsp3) is 0.465. The first-order chi connectivity index (χ1) is 27.1. The normalized spacial score (nSPS) is 24.0. The van der Waals surface area contributed by atoms with Gasteiger partial charge in [-0.3, -0.25) is 48.5 Å². The summed E-state index contributed by atoms with van der Waals surface area (Å²) >= 11 is 0. The maximum Gasteiger partial charge on any atom is 0.293 e. The van der Waals surface area contributed by atoms with Crippen molar-refractivity contribution in [2.24, 2.45) is 23.8 Å². The molecule has 4 aliphatic heterocycles. The molecule has 2 N–H and O–H groups in total. The molecule has 8 rings (SSSR count). The number of benzene rings is 2. The molecule has 2 saturated heterocycles. The van der Waals surface area contributed by atoms with Crippen molar-refractivity contribution in [2.75, 3.05) is 24.5 Å². The van der Waals surface area contributed by atoms with Gasteiger partial charge in [0.2, 0.25) is 11.8 Å². The molecule has 5 amide bonds. The Bertz CT molecular complexity index is 2260. The maximum atomic E-state index is 13.5. The molecule has 57 heavy (non-hydrogen) atoms. The molecule has 1 unspecified atom stereocenters. The van der Waals surface area contributed by atoms with Crippen LogP contribution < -0.4 is 25.8 Å². The summed E-state index contributed by atoms with van der Waals surface area (Å²) in [5.74, 6) is -1.46. The van der Waals surface area contributed by atoms with E-state index in [1.54, 1.807) is 19.2 Å². The Hall–Kier alpha value is -5.81. The van der Waals surface area contributed by atoms with Crippen LogP contribution in [0.5, 0.6) is 5.75 Å². The minimum atomic E-state index is -0.972. The van der Waals surface area contributed by atoms with Crippen LogP contribution in [-0.2, 0) is 29.7 Å². The van der Waals surface area contributed by atoms with Gasteiger partial charge in [0.1, 0.15) is 23.9 Å². The van der Waals surface area contributed by atoms with Crippen LogP contribution in [0.4, 0.5) is 5.69 Å². The number of nitrogens with zero attached hydrogens (tertiary/aromatic N) is 5. The van der Waals surface area contributed by atoms with Gasteiger partial charge < -0.3 is 15.0 Å². The lowest BCUT2D eigenvalue weighted by atomic mass is 9.49. The van der Waals surface area contributed by atoms with Crippen molar-refractivity contribution in [2.45, 2.75) is 84.7 Å². The number of anilines is 1. The lowest BCUT2D eigenvalue weighted by Crippen LogP contribution is -2.74. The number of nitrogens with one attached hydrogen (secondary N) is 2. The number of nitriles is 1. The summed E-state index contributed by atoms with van der Waals surface area (Å²) in [6, 6.07) is 15.3. The predicted octanol–water partition coefficient (Wildman–Crippen LogP) is 3.50. The van der Waals surface area contributed by atoms with Crippen molar-refractivity contribution >= 4 is 35.2 Å². The van der Waals surface area contributed by atoms with Gasteiger partial charge in [-0.1, -0.05) is 27.7 Å². The average Bonchev–Trinajstić information content (AvgIpc) is 3.69. The first kappa shape index (κ1) is 38.1. The van der Waals surface area contributed by atoms with E-state index >= 15 is 0 Å². The number of piperidine rings is 2. The lowest BCUT2D eigenvalue weighted by Gasteiger charge is -2.62. The summed E-state index contributed by atoms with van der Waals surface area (Å²) in [5.41, 5.74) is 3.26. The highest BCUT2D eigenvalue weighted by molar-refractivity contribution is 6.23. The molecule has 1 saturated carbocycles. The number of fused-ring (bicyclic) bond motifs is 2. The van der Waals surface area contributed by atoms with E-state index < -0.39 is 40.5 Å². The average molecular weight is 774 g/mol. The molecule has 0 spiro atoms. The largest absolute Gasteiger partial charge is 0.483 e. The molecule has 0 radical (unpaired) electrons. The fourth-order valence-electron chi connectivity index (χ4n) is 10.1. The topological polar surface area (TPSA) is 174 Å². The van der Waals surface area contributed by atoms with Crippen LogP contribution in [0, 0.1) is 28.1 Å². The first-order valence-corrected chi connectivity index (χ1v) is 19.6. The first-order valence-electron chi connectivity index (χ1n) is 19.6. The van der Waals surface area contributed by atoms with Crippen molar-refractivity contribution in [3.05, 3.63) is 92.4 Å². The smallest absolute Gasteiger partial charge is 0.293 e. The van der Waals surface area contributed by atoms with Gasteiger partial charge in [-0.15, -0.1) is 0 Å². The monoisotopic (exact) mass is 773 g/mol. The summed E-state index contributed by atoms with van der Waals surface area (Å²) in [7, 11) is 1.54. The third kappa shape index (κ3) is 6.47. The van der Waals surface area contributed by atoms with E-state index in [1.165, 1.54) is 4.57 Å². The number of amides is 5. The minimum Gasteiger partial charge on any atom is -0.483 e. The SMILES string of the molecule is Cn1c(C#N)ccc(O[C@H]2C(C)(C)[C@H](NC(=O)c3ccc(N4CCC(CN5Cc6cc7c(cc6C5)C(=O)N(C5CCC(=O)NC5=O)C7=O)CC4)cc3)C2(C)C)c1=O. The van der Waals surface area contributed by atoms with Gasteiger partial charge >= 0.3 is 0 Å². The van der Waals surface area contributed by atoms with Gasteiger partial charge in [0.05, 0.1) is 11.1 Å². The van der Waals surface area contributed by atoms with E-state index in [9.17, 15) is 34.0 Å². The van der Waals surface area contributed by atoms with Crippen LogP contribution in [-0.4, -0.2) is 81.7 Å². The van der Waals surface area contributed by atoms with Crippen molar-refractivity contribution in [3.8, 4) is 11.8 Å². The second-order valence-electron chi connectivity index (χ2n) is 17.4. The highest BCUT2D eigenvalue weighted by atomic mass is 16.5. The van der Waals surface area contributed by atoms with Crippen LogP contribution >= 0.6 is 0 Å². The number of ether oxygens (including phenoxy) is 1. The Balaban J connectivity index is 0.826. The third-order valence-corrected chi connectivity index (χ3v) is 12.9. The summed E-state index contributed by atoms with van der Waals surface area (Å²) in [5, 5.41) is 14.7. The standard InChI is InChI=1S/C43H47N7O7/c1-42(2)40(43(3,4)41(42)57-33-12-10-29(20-44)47(5)39(33)56)46-35(52)25-6-8-28(9-7-25)49-16-14-24(15-17-49)21-48-22-26-18-30-31(19-27(26)23-48)38(55)50(37(30)54)32-11-13-34(51)45-36(32)53/h6-10,12,18-19,24,32,40-41H,11,13-17,21-23H2,1-5H3,(H,46,52)(H,45,51,53)/t32?,40-,41-. The fourth-order valence-corrected chi connectivity index (χ4v) is 10.1. The predicted molar refractivity (Wildman–Crippen MR) is 208 cm³/mol. The molecule has 1 aromatic heterocycles. The van der Waals surface area contributed by atoms with Crippen LogP contribution in [0.2, 0.25) is 0 Å². The molecular weight excluding hydrogens is 727 g/mol. The number of imide groups is 2. The quantitative estimate of drug-likeness (QED) is 0.323. The molecule has 2 aromatic carbocycles. The molecular formula is C43H47N7O7. The van der Waals surface area contributed by atoms with Crippen molar-refractivity contribution in [1.82, 2.24) is 25.0 Å². The zero-order valence-corrected chi connectivity index (χ0v) is 32.9. The molecule has 3 aromatic rings. The minimum absolute atomic E-state index is 0.0892. The number of hydrogen-bond acceptors (Lipinski definition) is 10. The molecule has 14 nitrogen and oxygen atoms in total. The van der Waals surface area contributed by atoms with Gasteiger partial charge in [-0.25, -0.2) is 0 Å². The van der Waals surface area contributed by atoms with Gasteiger partial charge in [0.15, 0.2) is 5.75 Å². The van der Waals surface area contributed by atoms with Gasteiger partial charge in [0, 0.05) is 74.3 Å². The molecule has 3 fully saturated rings. The van der Waals surface area contributed by atoms with Gasteiger partial charge in [0.25, 0.3) is 23.3 Å². The highest BCUT2D eigenvalue weighted by Gasteiger charge is 2.64. The van der Waals surface area contributed by atoms with Crippen molar-refractivity contribution in [3.63, 3.8) is 0 Å². The Morgan fingerprint density at radius 1 is 0.895 bits per heavy atom. The summed E-state index contributed by atoms with van der Waals surface area (Å²) in [6.07, 6.45) is 1.89. The number of aromatic nitrogens is 1. The summed E-state index contributed by atoms with van der Waals surface area (Å²) in [4.78, 5) is 82.8. The van der Waals surface area contributed by atoms with Crippen LogP contribution in [0.25, 0.3) is 0 Å². The van der Waals surface area contributed by atoms with E-state index in [4.69, 9.17) is 4.74 Å². The van der Waals surface area contributed by atoms with Gasteiger partial charge in [-0.05, 0) is 84.8 Å². The van der Waals surface area contributed by atoms with Crippen LogP contribution in [0.15, 0.2) is 53.3 Å².